The molecule has 2 fully saturated rings. The molecule has 3 rings (SSSR count). The molecule has 4 heteroatoms. The number of hydrogen-bond acceptors (Lipinski definition) is 3. The summed E-state index contributed by atoms with van der Waals surface area (Å²) in [5, 5.41) is 3.57. The molecule has 4 nitrogen and oxygen atoms in total. The second kappa shape index (κ2) is 5.83. The zero-order valence-corrected chi connectivity index (χ0v) is 11.8. The highest BCUT2D eigenvalue weighted by Crippen LogP contribution is 2.27. The first-order chi connectivity index (χ1) is 9.74. The number of rotatable bonds is 5. The molecule has 108 valence electrons. The van der Waals surface area contributed by atoms with Gasteiger partial charge in [-0.1, -0.05) is 18.2 Å². The minimum absolute atomic E-state index is 0.00630. The van der Waals surface area contributed by atoms with Crippen LogP contribution in [-0.4, -0.2) is 25.0 Å². The van der Waals surface area contributed by atoms with E-state index in [1.54, 1.807) is 0 Å². The third-order valence-corrected chi connectivity index (χ3v) is 4.31. The molecule has 1 unspecified atom stereocenters. The summed E-state index contributed by atoms with van der Waals surface area (Å²) >= 11 is 0. The molecule has 1 amide bonds. The van der Waals surface area contributed by atoms with Gasteiger partial charge in [0.15, 0.2) is 0 Å². The average molecular weight is 273 g/mol. The molecule has 2 aliphatic rings. The fraction of sp³-hybridized carbons (Fsp3) is 0.562. The van der Waals surface area contributed by atoms with E-state index in [2.05, 4.69) is 34.5 Å². The van der Waals surface area contributed by atoms with Gasteiger partial charge in [-0.05, 0) is 37.3 Å². The smallest absolute Gasteiger partial charge is 0.222 e. The molecule has 1 heterocycles. The molecule has 1 aromatic rings. The van der Waals surface area contributed by atoms with E-state index in [1.807, 2.05) is 0 Å². The summed E-state index contributed by atoms with van der Waals surface area (Å²) in [7, 11) is 0. The lowest BCUT2D eigenvalue weighted by Crippen LogP contribution is -2.41. The topological polar surface area (TPSA) is 58.4 Å². The average Bonchev–Trinajstić information content (AvgIpc) is 3.30. The number of nitrogens with two attached hydrogens (primary N) is 1. The third-order valence-electron chi connectivity index (χ3n) is 4.31. The van der Waals surface area contributed by atoms with Crippen molar-refractivity contribution in [2.24, 2.45) is 11.7 Å². The van der Waals surface area contributed by atoms with Gasteiger partial charge in [0.05, 0.1) is 5.92 Å². The van der Waals surface area contributed by atoms with Gasteiger partial charge in [-0.3, -0.25) is 4.79 Å². The van der Waals surface area contributed by atoms with Crippen molar-refractivity contribution in [2.45, 2.75) is 38.3 Å². The first kappa shape index (κ1) is 13.4. The molecule has 20 heavy (non-hydrogen) atoms. The Labute approximate surface area is 120 Å². The normalized spacial score (nSPS) is 22.8. The van der Waals surface area contributed by atoms with Gasteiger partial charge in [0.25, 0.3) is 0 Å². The van der Waals surface area contributed by atoms with Crippen LogP contribution in [0, 0.1) is 5.92 Å². The van der Waals surface area contributed by atoms with Crippen molar-refractivity contribution in [3.63, 3.8) is 0 Å². The van der Waals surface area contributed by atoms with Crippen LogP contribution in [0.25, 0.3) is 0 Å². The van der Waals surface area contributed by atoms with E-state index in [9.17, 15) is 4.79 Å². The fourth-order valence-electron chi connectivity index (χ4n) is 2.94. The minimum Gasteiger partial charge on any atom is -0.370 e. The van der Waals surface area contributed by atoms with E-state index >= 15 is 0 Å². The van der Waals surface area contributed by atoms with E-state index in [0.717, 1.165) is 32.5 Å². The predicted octanol–water partition coefficient (Wildman–Crippen LogP) is 1.64. The summed E-state index contributed by atoms with van der Waals surface area (Å²) in [5.74, 6) is -0.170. The molecule has 3 N–H and O–H groups in total. The molecular formula is C16H23N3O. The van der Waals surface area contributed by atoms with E-state index in [0.29, 0.717) is 6.04 Å². The van der Waals surface area contributed by atoms with Crippen LogP contribution in [0.2, 0.25) is 0 Å². The van der Waals surface area contributed by atoms with Crippen LogP contribution in [0.15, 0.2) is 24.3 Å². The minimum atomic E-state index is -0.164. The van der Waals surface area contributed by atoms with Gasteiger partial charge >= 0.3 is 0 Å². The van der Waals surface area contributed by atoms with Crippen LogP contribution in [0.5, 0.6) is 0 Å². The Morgan fingerprint density at radius 2 is 2.10 bits per heavy atom. The molecular weight excluding hydrogens is 250 g/mol. The van der Waals surface area contributed by atoms with Crippen LogP contribution < -0.4 is 16.0 Å². The van der Waals surface area contributed by atoms with Crippen molar-refractivity contribution in [2.75, 3.05) is 18.0 Å². The lowest BCUT2D eigenvalue weighted by Gasteiger charge is -2.34. The van der Waals surface area contributed by atoms with Crippen molar-refractivity contribution < 1.29 is 4.79 Å². The summed E-state index contributed by atoms with van der Waals surface area (Å²) in [5.41, 5.74) is 8.05. The highest BCUT2D eigenvalue weighted by molar-refractivity contribution is 5.77. The van der Waals surface area contributed by atoms with Gasteiger partial charge in [0.2, 0.25) is 5.91 Å². The lowest BCUT2D eigenvalue weighted by molar-refractivity contribution is -0.122. The van der Waals surface area contributed by atoms with Crippen molar-refractivity contribution in [1.29, 1.82) is 0 Å². The van der Waals surface area contributed by atoms with Gasteiger partial charge in [-0.2, -0.15) is 0 Å². The number of nitrogens with one attached hydrogen (secondary N) is 1. The standard InChI is InChI=1S/C16H23N3O/c17-16(20)13-5-3-9-19(11-13)15-6-2-1-4-12(15)10-18-14-7-8-14/h1-2,4,6,13-14,18H,3,5,7-11H2,(H2,17,20). The Kier molecular flexibility index (Phi) is 3.92. The van der Waals surface area contributed by atoms with Crippen molar-refractivity contribution in [3.8, 4) is 0 Å². The largest absolute Gasteiger partial charge is 0.370 e. The van der Waals surface area contributed by atoms with Gasteiger partial charge in [0, 0.05) is 31.4 Å². The number of para-hydroxylation sites is 1. The molecule has 0 aromatic heterocycles. The molecule has 0 radical (unpaired) electrons. The summed E-state index contributed by atoms with van der Waals surface area (Å²) in [6.45, 7) is 2.69. The van der Waals surface area contributed by atoms with Gasteiger partial charge in [0.1, 0.15) is 0 Å². The lowest BCUT2D eigenvalue weighted by atomic mass is 9.96. The van der Waals surface area contributed by atoms with Gasteiger partial charge in [-0.25, -0.2) is 0 Å². The van der Waals surface area contributed by atoms with Crippen LogP contribution in [0.3, 0.4) is 0 Å². The Hall–Kier alpha value is -1.55. The van der Waals surface area contributed by atoms with E-state index in [-0.39, 0.29) is 11.8 Å². The van der Waals surface area contributed by atoms with Crippen LogP contribution in [-0.2, 0) is 11.3 Å². The maximum absolute atomic E-state index is 11.4. The second-order valence-corrected chi connectivity index (χ2v) is 5.97. The quantitative estimate of drug-likeness (QED) is 0.857. The van der Waals surface area contributed by atoms with E-state index < -0.39 is 0 Å². The zero-order valence-electron chi connectivity index (χ0n) is 11.8. The Morgan fingerprint density at radius 1 is 1.30 bits per heavy atom. The molecule has 0 bridgehead atoms. The molecule has 1 atom stereocenters. The Balaban J connectivity index is 1.72. The highest BCUT2D eigenvalue weighted by atomic mass is 16.1. The van der Waals surface area contributed by atoms with Crippen molar-refractivity contribution in [1.82, 2.24) is 5.32 Å². The van der Waals surface area contributed by atoms with Crippen molar-refractivity contribution >= 4 is 11.6 Å². The third kappa shape index (κ3) is 3.12. The van der Waals surface area contributed by atoms with E-state index in [1.165, 1.54) is 24.1 Å². The second-order valence-electron chi connectivity index (χ2n) is 5.97. The molecule has 0 spiro atoms. The maximum atomic E-state index is 11.4. The zero-order chi connectivity index (χ0) is 13.9. The number of benzene rings is 1. The SMILES string of the molecule is NC(=O)C1CCCN(c2ccccc2CNC2CC2)C1. The van der Waals surface area contributed by atoms with E-state index in [4.69, 9.17) is 5.73 Å². The maximum Gasteiger partial charge on any atom is 0.222 e. The summed E-state index contributed by atoms with van der Waals surface area (Å²) in [6.07, 6.45) is 4.57. The first-order valence-corrected chi connectivity index (χ1v) is 7.59. The van der Waals surface area contributed by atoms with Crippen molar-refractivity contribution in [3.05, 3.63) is 29.8 Å². The number of primary amides is 1. The first-order valence-electron chi connectivity index (χ1n) is 7.59. The number of piperidine rings is 1. The predicted molar refractivity (Wildman–Crippen MR) is 80.4 cm³/mol. The van der Waals surface area contributed by atoms with Crippen LogP contribution >= 0.6 is 0 Å². The summed E-state index contributed by atoms with van der Waals surface area (Å²) < 4.78 is 0. The fourth-order valence-corrected chi connectivity index (χ4v) is 2.94. The Morgan fingerprint density at radius 3 is 2.85 bits per heavy atom. The number of amides is 1. The molecule has 1 saturated heterocycles. The van der Waals surface area contributed by atoms with Gasteiger partial charge < -0.3 is 16.0 Å². The highest BCUT2D eigenvalue weighted by Gasteiger charge is 2.26. The van der Waals surface area contributed by atoms with Gasteiger partial charge in [-0.15, -0.1) is 0 Å². The Bertz CT molecular complexity index is 484. The molecule has 1 aromatic carbocycles. The van der Waals surface area contributed by atoms with Crippen LogP contribution in [0.4, 0.5) is 5.69 Å². The number of hydrogen-bond donors (Lipinski definition) is 2. The summed E-state index contributed by atoms with van der Waals surface area (Å²) in [6, 6.07) is 9.21. The number of nitrogens with zero attached hydrogens (tertiary/aromatic N) is 1. The molecule has 1 aliphatic heterocycles. The monoisotopic (exact) mass is 273 g/mol. The van der Waals surface area contributed by atoms with Crippen LogP contribution in [0.1, 0.15) is 31.2 Å². The molecule has 1 saturated carbocycles. The summed E-state index contributed by atoms with van der Waals surface area (Å²) in [4.78, 5) is 13.7. The number of anilines is 1. The molecule has 1 aliphatic carbocycles. The number of carbonyl (C=O) groups excluding carboxylic acids is 1. The number of carbonyl (C=O) groups is 1.